The Morgan fingerprint density at radius 2 is 1.65 bits per heavy atom. The molecule has 0 saturated carbocycles. The fraction of sp³-hybridized carbons (Fsp3) is 0.0588. The summed E-state index contributed by atoms with van der Waals surface area (Å²) in [6.45, 7) is 2.01. The maximum absolute atomic E-state index is 10.7. The quantitative estimate of drug-likeness (QED) is 0.656. The van der Waals surface area contributed by atoms with Gasteiger partial charge in [-0.05, 0) is 12.5 Å². The van der Waals surface area contributed by atoms with Crippen LogP contribution in [0.3, 0.4) is 0 Å². The lowest BCUT2D eigenvalue weighted by Gasteiger charge is -2.03. The third-order valence-electron chi connectivity index (χ3n) is 3.09. The van der Waals surface area contributed by atoms with Gasteiger partial charge in [-0.15, -0.1) is 11.3 Å². The lowest BCUT2D eigenvalue weighted by molar-refractivity contribution is 0.112. The predicted octanol–water partition coefficient (Wildman–Crippen LogP) is 4.60. The SMILES string of the molecule is Cc1nc(-c2ccccc2)c(-c2ccc(C=O)cc2)s1. The molecule has 3 rings (SSSR count). The van der Waals surface area contributed by atoms with Crippen molar-refractivity contribution in [3.8, 4) is 21.7 Å². The molecule has 2 nitrogen and oxygen atoms in total. The molecule has 0 aliphatic rings. The molecule has 98 valence electrons. The van der Waals surface area contributed by atoms with E-state index in [0.717, 1.165) is 33.0 Å². The molecule has 0 spiro atoms. The van der Waals surface area contributed by atoms with Crippen molar-refractivity contribution in [3.05, 3.63) is 65.2 Å². The van der Waals surface area contributed by atoms with Gasteiger partial charge in [-0.25, -0.2) is 4.98 Å². The Balaban J connectivity index is 2.11. The Kier molecular flexibility index (Phi) is 3.44. The van der Waals surface area contributed by atoms with Crippen LogP contribution in [0, 0.1) is 6.92 Å². The molecular formula is C17H13NOS. The normalized spacial score (nSPS) is 10.4. The van der Waals surface area contributed by atoms with E-state index < -0.39 is 0 Å². The number of rotatable bonds is 3. The van der Waals surface area contributed by atoms with Gasteiger partial charge in [0.25, 0.3) is 0 Å². The highest BCUT2D eigenvalue weighted by Crippen LogP contribution is 2.36. The van der Waals surface area contributed by atoms with E-state index in [4.69, 9.17) is 0 Å². The Hall–Kier alpha value is -2.26. The van der Waals surface area contributed by atoms with Crippen LogP contribution >= 0.6 is 11.3 Å². The van der Waals surface area contributed by atoms with Gasteiger partial charge in [-0.1, -0.05) is 54.6 Å². The fourth-order valence-corrected chi connectivity index (χ4v) is 3.07. The smallest absolute Gasteiger partial charge is 0.150 e. The minimum absolute atomic E-state index is 0.691. The Morgan fingerprint density at radius 1 is 0.950 bits per heavy atom. The van der Waals surface area contributed by atoms with Crippen LogP contribution in [0.1, 0.15) is 15.4 Å². The fourth-order valence-electron chi connectivity index (χ4n) is 2.13. The highest BCUT2D eigenvalue weighted by Gasteiger charge is 2.12. The van der Waals surface area contributed by atoms with Crippen molar-refractivity contribution in [1.82, 2.24) is 4.98 Å². The second-order valence-electron chi connectivity index (χ2n) is 4.52. The molecule has 3 aromatic rings. The molecule has 0 fully saturated rings. The van der Waals surface area contributed by atoms with Gasteiger partial charge >= 0.3 is 0 Å². The Labute approximate surface area is 121 Å². The first-order chi connectivity index (χ1) is 9.78. The van der Waals surface area contributed by atoms with Crippen LogP contribution < -0.4 is 0 Å². The highest BCUT2D eigenvalue weighted by atomic mass is 32.1. The molecule has 0 bridgehead atoms. The first-order valence-corrected chi connectivity index (χ1v) is 7.18. The number of hydrogen-bond donors (Lipinski definition) is 0. The van der Waals surface area contributed by atoms with Crippen molar-refractivity contribution < 1.29 is 4.79 Å². The van der Waals surface area contributed by atoms with Crippen LogP contribution in [-0.2, 0) is 0 Å². The first kappa shape index (κ1) is 12.8. The van der Waals surface area contributed by atoms with Gasteiger partial charge < -0.3 is 0 Å². The van der Waals surface area contributed by atoms with E-state index in [1.807, 2.05) is 49.4 Å². The first-order valence-electron chi connectivity index (χ1n) is 6.36. The molecule has 0 saturated heterocycles. The molecule has 0 amide bonds. The molecule has 0 atom stereocenters. The standard InChI is InChI=1S/C17H13NOS/c1-12-18-16(14-5-3-2-4-6-14)17(20-12)15-9-7-13(11-19)8-10-15/h2-11H,1H3. The van der Waals surface area contributed by atoms with Crippen LogP contribution in [0.2, 0.25) is 0 Å². The molecular weight excluding hydrogens is 266 g/mol. The van der Waals surface area contributed by atoms with Gasteiger partial charge in [0, 0.05) is 11.1 Å². The van der Waals surface area contributed by atoms with Crippen molar-refractivity contribution in [2.75, 3.05) is 0 Å². The monoisotopic (exact) mass is 279 g/mol. The van der Waals surface area contributed by atoms with Crippen LogP contribution in [-0.4, -0.2) is 11.3 Å². The number of nitrogens with zero attached hydrogens (tertiary/aromatic N) is 1. The molecule has 1 heterocycles. The minimum Gasteiger partial charge on any atom is -0.298 e. The predicted molar refractivity (Wildman–Crippen MR) is 83.1 cm³/mol. The van der Waals surface area contributed by atoms with Gasteiger partial charge in [0.15, 0.2) is 0 Å². The number of benzene rings is 2. The average molecular weight is 279 g/mol. The number of carbonyl (C=O) groups excluding carboxylic acids is 1. The maximum atomic E-state index is 10.7. The van der Waals surface area contributed by atoms with Crippen molar-refractivity contribution in [2.24, 2.45) is 0 Å². The van der Waals surface area contributed by atoms with E-state index in [0.29, 0.717) is 5.56 Å². The summed E-state index contributed by atoms with van der Waals surface area (Å²) in [4.78, 5) is 16.5. The Morgan fingerprint density at radius 3 is 2.30 bits per heavy atom. The summed E-state index contributed by atoms with van der Waals surface area (Å²) in [6.07, 6.45) is 0.861. The number of aryl methyl sites for hydroxylation is 1. The zero-order valence-electron chi connectivity index (χ0n) is 11.0. The average Bonchev–Trinajstić information content (AvgIpc) is 2.90. The largest absolute Gasteiger partial charge is 0.298 e. The summed E-state index contributed by atoms with van der Waals surface area (Å²) in [5.74, 6) is 0. The summed E-state index contributed by atoms with van der Waals surface area (Å²) in [6, 6.07) is 17.8. The van der Waals surface area contributed by atoms with Crippen molar-refractivity contribution >= 4 is 17.6 Å². The zero-order chi connectivity index (χ0) is 13.9. The number of hydrogen-bond acceptors (Lipinski definition) is 3. The van der Waals surface area contributed by atoms with Crippen LogP contribution in [0.15, 0.2) is 54.6 Å². The number of thiazole rings is 1. The number of carbonyl (C=O) groups is 1. The van der Waals surface area contributed by atoms with Gasteiger partial charge in [0.05, 0.1) is 15.6 Å². The van der Waals surface area contributed by atoms with Gasteiger partial charge in [-0.2, -0.15) is 0 Å². The van der Waals surface area contributed by atoms with Crippen molar-refractivity contribution in [2.45, 2.75) is 6.92 Å². The van der Waals surface area contributed by atoms with Crippen molar-refractivity contribution in [1.29, 1.82) is 0 Å². The molecule has 0 N–H and O–H groups in total. The molecule has 2 aromatic carbocycles. The van der Waals surface area contributed by atoms with Gasteiger partial charge in [0.1, 0.15) is 6.29 Å². The molecule has 3 heteroatoms. The molecule has 1 aromatic heterocycles. The molecule has 0 radical (unpaired) electrons. The number of aromatic nitrogens is 1. The lowest BCUT2D eigenvalue weighted by Crippen LogP contribution is -1.83. The third-order valence-corrected chi connectivity index (χ3v) is 4.11. The molecule has 20 heavy (non-hydrogen) atoms. The van der Waals surface area contributed by atoms with Gasteiger partial charge in [-0.3, -0.25) is 4.79 Å². The van der Waals surface area contributed by atoms with E-state index in [2.05, 4.69) is 17.1 Å². The van der Waals surface area contributed by atoms with E-state index in [1.54, 1.807) is 11.3 Å². The summed E-state index contributed by atoms with van der Waals surface area (Å²) < 4.78 is 0. The topological polar surface area (TPSA) is 30.0 Å². The second kappa shape index (κ2) is 5.39. The summed E-state index contributed by atoms with van der Waals surface area (Å²) in [5.41, 5.74) is 3.91. The minimum atomic E-state index is 0.691. The van der Waals surface area contributed by atoms with Crippen LogP contribution in [0.25, 0.3) is 21.7 Å². The van der Waals surface area contributed by atoms with E-state index in [1.165, 1.54) is 0 Å². The third kappa shape index (κ3) is 2.40. The van der Waals surface area contributed by atoms with Crippen LogP contribution in [0.5, 0.6) is 0 Å². The summed E-state index contributed by atoms with van der Waals surface area (Å²) >= 11 is 1.68. The maximum Gasteiger partial charge on any atom is 0.150 e. The van der Waals surface area contributed by atoms with Crippen LogP contribution in [0.4, 0.5) is 0 Å². The van der Waals surface area contributed by atoms with Gasteiger partial charge in [0.2, 0.25) is 0 Å². The summed E-state index contributed by atoms with van der Waals surface area (Å²) in [7, 11) is 0. The lowest BCUT2D eigenvalue weighted by atomic mass is 10.1. The highest BCUT2D eigenvalue weighted by molar-refractivity contribution is 7.15. The zero-order valence-corrected chi connectivity index (χ0v) is 11.9. The van der Waals surface area contributed by atoms with Crippen molar-refractivity contribution in [3.63, 3.8) is 0 Å². The Bertz CT molecular complexity index is 729. The molecule has 0 aliphatic carbocycles. The van der Waals surface area contributed by atoms with E-state index in [9.17, 15) is 4.79 Å². The second-order valence-corrected chi connectivity index (χ2v) is 5.72. The molecule has 0 aliphatic heterocycles. The van der Waals surface area contributed by atoms with E-state index in [-0.39, 0.29) is 0 Å². The number of aldehydes is 1. The summed E-state index contributed by atoms with van der Waals surface area (Å²) in [5, 5.41) is 1.04. The van der Waals surface area contributed by atoms with E-state index >= 15 is 0 Å². The molecule has 0 unspecified atom stereocenters.